The van der Waals surface area contributed by atoms with Gasteiger partial charge in [-0.05, 0) is 43.2 Å². The number of aliphatic hydroxyl groups is 1. The van der Waals surface area contributed by atoms with Gasteiger partial charge in [0.1, 0.15) is 11.4 Å². The third kappa shape index (κ3) is 3.87. The van der Waals surface area contributed by atoms with E-state index in [4.69, 9.17) is 4.74 Å². The molecule has 0 bridgehead atoms. The number of anilines is 2. The van der Waals surface area contributed by atoms with E-state index in [-0.39, 0.29) is 11.4 Å². The van der Waals surface area contributed by atoms with E-state index in [0.717, 1.165) is 10.7 Å². The van der Waals surface area contributed by atoms with Crippen molar-refractivity contribution in [1.29, 1.82) is 0 Å². The Morgan fingerprint density at radius 3 is 2.74 bits per heavy atom. The van der Waals surface area contributed by atoms with E-state index in [2.05, 4.69) is 10.4 Å². The van der Waals surface area contributed by atoms with Crippen molar-refractivity contribution in [1.82, 2.24) is 9.78 Å². The number of halogens is 3. The second kappa shape index (κ2) is 8.35. The fourth-order valence-corrected chi connectivity index (χ4v) is 4.57. The van der Waals surface area contributed by atoms with E-state index in [1.165, 1.54) is 19.2 Å². The highest BCUT2D eigenvalue weighted by Gasteiger charge is 2.36. The van der Waals surface area contributed by atoms with Crippen molar-refractivity contribution in [3.05, 3.63) is 63.9 Å². The van der Waals surface area contributed by atoms with Crippen molar-refractivity contribution in [2.24, 2.45) is 0 Å². The average molecular weight is 472 g/mol. The standard InChI is InChI=1S/C24H23F3N4O3/c1-34-17-4-2-3-14(11-17)21-18-7-9-28-22(18)23(33)31(29-21)20-12-15(30-10-8-16(32)13-30)5-6-19(20)24(25,26)27/h2-6,11-12,16,28,32H,7-10,13H2,1H3. The number of rotatable bonds is 4. The highest BCUT2D eigenvalue weighted by molar-refractivity contribution is 5.73. The first kappa shape index (κ1) is 22.3. The number of benzene rings is 2. The maximum absolute atomic E-state index is 14.0. The van der Waals surface area contributed by atoms with Crippen LogP contribution >= 0.6 is 0 Å². The lowest BCUT2D eigenvalue weighted by Gasteiger charge is -2.22. The molecule has 0 saturated carbocycles. The van der Waals surface area contributed by atoms with Crippen LogP contribution in [0.15, 0.2) is 47.3 Å². The number of hydrogen-bond acceptors (Lipinski definition) is 6. The SMILES string of the molecule is COc1cccc(-c2nn(-c3cc(N4CCC(O)C4)ccc3C(F)(F)F)c(=O)c3c2CCN3)c1. The van der Waals surface area contributed by atoms with Gasteiger partial charge in [-0.25, -0.2) is 0 Å². The van der Waals surface area contributed by atoms with E-state index in [9.17, 15) is 23.1 Å². The maximum Gasteiger partial charge on any atom is 0.418 e. The van der Waals surface area contributed by atoms with E-state index < -0.39 is 23.4 Å². The monoisotopic (exact) mass is 472 g/mol. The topological polar surface area (TPSA) is 79.6 Å². The number of β-amino-alcohol motifs (C(OH)–C–C–N with tert-alkyl or cyclic N) is 1. The smallest absolute Gasteiger partial charge is 0.418 e. The number of alkyl halides is 3. The number of fused-ring (bicyclic) bond motifs is 1. The van der Waals surface area contributed by atoms with Crippen molar-refractivity contribution in [2.45, 2.75) is 25.1 Å². The van der Waals surface area contributed by atoms with Crippen LogP contribution in [-0.2, 0) is 12.6 Å². The van der Waals surface area contributed by atoms with Gasteiger partial charge in [-0.2, -0.15) is 23.0 Å². The molecule has 1 atom stereocenters. The summed E-state index contributed by atoms with van der Waals surface area (Å²) in [7, 11) is 1.52. The molecule has 2 aliphatic rings. The Labute approximate surface area is 193 Å². The first-order valence-corrected chi connectivity index (χ1v) is 11.0. The van der Waals surface area contributed by atoms with Gasteiger partial charge in [-0.1, -0.05) is 12.1 Å². The zero-order valence-corrected chi connectivity index (χ0v) is 18.4. The molecule has 2 aliphatic heterocycles. The Morgan fingerprint density at radius 2 is 2.03 bits per heavy atom. The number of ether oxygens (including phenoxy) is 1. The van der Waals surface area contributed by atoms with Crippen LogP contribution in [-0.4, -0.2) is 47.7 Å². The second-order valence-electron chi connectivity index (χ2n) is 8.42. The molecule has 3 heterocycles. The van der Waals surface area contributed by atoms with Crippen LogP contribution in [0.1, 0.15) is 17.5 Å². The molecule has 0 amide bonds. The number of nitrogens with zero attached hydrogens (tertiary/aromatic N) is 3. The van der Waals surface area contributed by atoms with E-state index >= 15 is 0 Å². The van der Waals surface area contributed by atoms with Gasteiger partial charge >= 0.3 is 6.18 Å². The van der Waals surface area contributed by atoms with E-state index in [0.29, 0.717) is 60.7 Å². The molecule has 0 aliphatic carbocycles. The van der Waals surface area contributed by atoms with Gasteiger partial charge in [0.05, 0.1) is 30.2 Å². The summed E-state index contributed by atoms with van der Waals surface area (Å²) >= 11 is 0. The Morgan fingerprint density at radius 1 is 1.21 bits per heavy atom. The molecule has 178 valence electrons. The van der Waals surface area contributed by atoms with Crippen molar-refractivity contribution in [3.8, 4) is 22.7 Å². The predicted octanol–water partition coefficient (Wildman–Crippen LogP) is 3.47. The van der Waals surface area contributed by atoms with E-state index in [1.807, 2.05) is 0 Å². The molecule has 5 rings (SSSR count). The van der Waals surface area contributed by atoms with Gasteiger partial charge in [0.15, 0.2) is 0 Å². The Bertz CT molecular complexity index is 1310. The summed E-state index contributed by atoms with van der Waals surface area (Å²) in [5.74, 6) is 0.572. The van der Waals surface area contributed by atoms with Gasteiger partial charge in [0, 0.05) is 36.4 Å². The third-order valence-corrected chi connectivity index (χ3v) is 6.26. The fourth-order valence-electron chi connectivity index (χ4n) is 4.57. The molecule has 1 aromatic heterocycles. The molecular formula is C24H23F3N4O3. The maximum atomic E-state index is 14.0. The molecule has 34 heavy (non-hydrogen) atoms. The van der Waals surface area contributed by atoms with Gasteiger partial charge in [-0.3, -0.25) is 4.79 Å². The summed E-state index contributed by atoms with van der Waals surface area (Å²) in [6.45, 7) is 1.31. The highest BCUT2D eigenvalue weighted by Crippen LogP contribution is 2.37. The molecule has 10 heteroatoms. The third-order valence-electron chi connectivity index (χ3n) is 6.26. The number of aliphatic hydroxyl groups excluding tert-OH is 1. The number of nitrogens with one attached hydrogen (secondary N) is 1. The van der Waals surface area contributed by atoms with Crippen molar-refractivity contribution in [3.63, 3.8) is 0 Å². The molecule has 1 saturated heterocycles. The normalized spacial score (nSPS) is 17.6. The van der Waals surface area contributed by atoms with Crippen molar-refractivity contribution >= 4 is 11.4 Å². The fraction of sp³-hybridized carbons (Fsp3) is 0.333. The van der Waals surface area contributed by atoms with Crippen LogP contribution in [0, 0.1) is 0 Å². The summed E-state index contributed by atoms with van der Waals surface area (Å²) in [6.07, 6.45) is -4.18. The largest absolute Gasteiger partial charge is 0.497 e. The Kier molecular flexibility index (Phi) is 5.47. The average Bonchev–Trinajstić information content (AvgIpc) is 3.48. The van der Waals surface area contributed by atoms with Crippen LogP contribution in [0.25, 0.3) is 16.9 Å². The molecule has 7 nitrogen and oxygen atoms in total. The first-order chi connectivity index (χ1) is 16.3. The van der Waals surface area contributed by atoms with E-state index in [1.54, 1.807) is 29.2 Å². The second-order valence-corrected chi connectivity index (χ2v) is 8.42. The number of hydrogen-bond donors (Lipinski definition) is 2. The lowest BCUT2D eigenvalue weighted by molar-refractivity contribution is -0.137. The zero-order chi connectivity index (χ0) is 24.0. The molecule has 3 aromatic rings. The molecule has 2 aromatic carbocycles. The summed E-state index contributed by atoms with van der Waals surface area (Å²) < 4.78 is 48.1. The molecular weight excluding hydrogens is 449 g/mol. The lowest BCUT2D eigenvalue weighted by Crippen LogP contribution is -2.28. The molecule has 0 spiro atoms. The highest BCUT2D eigenvalue weighted by atomic mass is 19.4. The number of methoxy groups -OCH3 is 1. The quantitative estimate of drug-likeness (QED) is 0.606. The summed E-state index contributed by atoms with van der Waals surface area (Å²) in [5.41, 5.74) is 0.531. The minimum atomic E-state index is -4.69. The van der Waals surface area contributed by atoms with Gasteiger partial charge < -0.3 is 20.1 Å². The molecule has 1 unspecified atom stereocenters. The van der Waals surface area contributed by atoms with Gasteiger partial charge in [-0.15, -0.1) is 0 Å². The molecule has 1 fully saturated rings. The Hall–Kier alpha value is -3.53. The summed E-state index contributed by atoms with van der Waals surface area (Å²) in [5, 5.41) is 17.4. The van der Waals surface area contributed by atoms with Crippen LogP contribution in [0.3, 0.4) is 0 Å². The Balaban J connectivity index is 1.74. The number of aromatic nitrogens is 2. The zero-order valence-electron chi connectivity index (χ0n) is 18.4. The minimum absolute atomic E-state index is 0.253. The molecule has 2 N–H and O–H groups in total. The lowest BCUT2D eigenvalue weighted by atomic mass is 10.0. The van der Waals surface area contributed by atoms with Crippen LogP contribution < -0.4 is 20.5 Å². The van der Waals surface area contributed by atoms with Gasteiger partial charge in [0.2, 0.25) is 0 Å². The summed E-state index contributed by atoms with van der Waals surface area (Å²) in [4.78, 5) is 15.1. The van der Waals surface area contributed by atoms with Crippen molar-refractivity contribution in [2.75, 3.05) is 37.0 Å². The van der Waals surface area contributed by atoms with Crippen molar-refractivity contribution < 1.29 is 23.0 Å². The van der Waals surface area contributed by atoms with Crippen LogP contribution in [0.5, 0.6) is 5.75 Å². The predicted molar refractivity (Wildman–Crippen MR) is 122 cm³/mol. The summed E-state index contributed by atoms with van der Waals surface area (Å²) in [6, 6.07) is 10.7. The van der Waals surface area contributed by atoms with Crippen LogP contribution in [0.4, 0.5) is 24.5 Å². The van der Waals surface area contributed by atoms with Crippen LogP contribution in [0.2, 0.25) is 0 Å². The first-order valence-electron chi connectivity index (χ1n) is 11.0. The minimum Gasteiger partial charge on any atom is -0.497 e. The molecule has 0 radical (unpaired) electrons. The van der Waals surface area contributed by atoms with Gasteiger partial charge in [0.25, 0.3) is 5.56 Å².